The number of benzene rings is 2. The van der Waals surface area contributed by atoms with Crippen molar-refractivity contribution in [1.82, 2.24) is 4.98 Å². The number of hydrogen-bond acceptors (Lipinski definition) is 6. The standard InChI is InChI=1S/C20H18ClFN2O4S/c21-14-5-9-17(10-6-14)29(25,26)20-19(23-12-16-2-1-11-27-16)28-18(24-20)13-3-7-15(22)8-4-13/h3-10,16,23H,1-2,11-12H2/t16-/m0/s1. The predicted octanol–water partition coefficient (Wildman–Crippen LogP) is 4.56. The fourth-order valence-electron chi connectivity index (χ4n) is 3.05. The monoisotopic (exact) mass is 436 g/mol. The summed E-state index contributed by atoms with van der Waals surface area (Å²) in [7, 11) is -3.97. The Kier molecular flexibility index (Phi) is 5.58. The lowest BCUT2D eigenvalue weighted by atomic mass is 10.2. The highest BCUT2D eigenvalue weighted by Crippen LogP contribution is 2.33. The molecule has 0 aliphatic carbocycles. The number of ether oxygens (including phenoxy) is 1. The molecule has 1 atom stereocenters. The normalized spacial score (nSPS) is 16.8. The van der Waals surface area contributed by atoms with Crippen LogP contribution < -0.4 is 5.32 Å². The van der Waals surface area contributed by atoms with Crippen molar-refractivity contribution in [3.63, 3.8) is 0 Å². The molecule has 3 aromatic rings. The van der Waals surface area contributed by atoms with Gasteiger partial charge >= 0.3 is 0 Å². The zero-order valence-electron chi connectivity index (χ0n) is 15.3. The number of rotatable bonds is 6. The first kappa shape index (κ1) is 19.9. The van der Waals surface area contributed by atoms with Crippen molar-refractivity contribution in [2.24, 2.45) is 0 Å². The smallest absolute Gasteiger partial charge is 0.233 e. The van der Waals surface area contributed by atoms with Gasteiger partial charge in [-0.1, -0.05) is 11.6 Å². The fraction of sp³-hybridized carbons (Fsp3) is 0.250. The molecule has 0 bridgehead atoms. The van der Waals surface area contributed by atoms with Crippen LogP contribution in [-0.2, 0) is 14.6 Å². The van der Waals surface area contributed by atoms with E-state index in [2.05, 4.69) is 10.3 Å². The first-order chi connectivity index (χ1) is 13.9. The number of nitrogens with one attached hydrogen (secondary N) is 1. The van der Waals surface area contributed by atoms with Gasteiger partial charge in [-0.2, -0.15) is 4.98 Å². The first-order valence-corrected chi connectivity index (χ1v) is 10.9. The van der Waals surface area contributed by atoms with E-state index in [0.29, 0.717) is 23.7 Å². The van der Waals surface area contributed by atoms with Gasteiger partial charge in [0, 0.05) is 23.7 Å². The van der Waals surface area contributed by atoms with Crippen LogP contribution in [0, 0.1) is 5.82 Å². The van der Waals surface area contributed by atoms with Gasteiger partial charge in [0.05, 0.1) is 11.0 Å². The number of oxazole rings is 1. The highest BCUT2D eigenvalue weighted by Gasteiger charge is 2.29. The number of anilines is 1. The zero-order valence-corrected chi connectivity index (χ0v) is 16.8. The maximum absolute atomic E-state index is 13.2. The predicted molar refractivity (Wildman–Crippen MR) is 106 cm³/mol. The highest BCUT2D eigenvalue weighted by atomic mass is 35.5. The quantitative estimate of drug-likeness (QED) is 0.610. The molecule has 6 nitrogen and oxygen atoms in total. The molecular formula is C20H18ClFN2O4S. The van der Waals surface area contributed by atoms with Crippen LogP contribution in [0.25, 0.3) is 11.5 Å². The lowest BCUT2D eigenvalue weighted by Gasteiger charge is -2.10. The van der Waals surface area contributed by atoms with Gasteiger partial charge in [-0.3, -0.25) is 0 Å². The second kappa shape index (κ2) is 8.14. The van der Waals surface area contributed by atoms with Gasteiger partial charge in [0.15, 0.2) is 0 Å². The van der Waals surface area contributed by atoms with Crippen LogP contribution in [0.4, 0.5) is 10.3 Å². The maximum atomic E-state index is 13.2. The Hall–Kier alpha value is -2.42. The molecule has 1 aromatic heterocycles. The minimum atomic E-state index is -3.97. The van der Waals surface area contributed by atoms with Crippen molar-refractivity contribution in [1.29, 1.82) is 0 Å². The van der Waals surface area contributed by atoms with E-state index in [-0.39, 0.29) is 27.8 Å². The molecular weight excluding hydrogens is 419 g/mol. The van der Waals surface area contributed by atoms with Crippen LogP contribution in [0.3, 0.4) is 0 Å². The van der Waals surface area contributed by atoms with E-state index >= 15 is 0 Å². The summed E-state index contributed by atoms with van der Waals surface area (Å²) in [4.78, 5) is 4.26. The summed E-state index contributed by atoms with van der Waals surface area (Å²) in [6.45, 7) is 1.07. The minimum absolute atomic E-state index is 0.0229. The maximum Gasteiger partial charge on any atom is 0.233 e. The molecule has 0 unspecified atom stereocenters. The highest BCUT2D eigenvalue weighted by molar-refractivity contribution is 7.91. The molecule has 2 heterocycles. The van der Waals surface area contributed by atoms with Crippen LogP contribution in [0.5, 0.6) is 0 Å². The third-order valence-corrected chi connectivity index (χ3v) is 6.51. The van der Waals surface area contributed by atoms with Gasteiger partial charge in [0.25, 0.3) is 0 Å². The molecule has 0 amide bonds. The Morgan fingerprint density at radius 3 is 2.52 bits per heavy atom. The van der Waals surface area contributed by atoms with E-state index in [1.165, 1.54) is 48.5 Å². The van der Waals surface area contributed by atoms with Crippen molar-refractivity contribution in [2.45, 2.75) is 28.9 Å². The van der Waals surface area contributed by atoms with Crippen molar-refractivity contribution in [3.8, 4) is 11.5 Å². The Morgan fingerprint density at radius 2 is 1.86 bits per heavy atom. The summed E-state index contributed by atoms with van der Waals surface area (Å²) in [6, 6.07) is 11.3. The molecule has 29 heavy (non-hydrogen) atoms. The minimum Gasteiger partial charge on any atom is -0.419 e. The molecule has 1 aliphatic heterocycles. The SMILES string of the molecule is O=S(=O)(c1ccc(Cl)cc1)c1nc(-c2ccc(F)cc2)oc1NC[C@@H]1CCCO1. The average Bonchev–Trinajstić information content (AvgIpc) is 3.37. The molecule has 4 rings (SSSR count). The second-order valence-electron chi connectivity index (χ2n) is 6.63. The van der Waals surface area contributed by atoms with Gasteiger partial charge in [0.2, 0.25) is 26.6 Å². The van der Waals surface area contributed by atoms with Crippen LogP contribution >= 0.6 is 11.6 Å². The summed E-state index contributed by atoms with van der Waals surface area (Å²) < 4.78 is 50.9. The third kappa shape index (κ3) is 4.29. The van der Waals surface area contributed by atoms with Crippen molar-refractivity contribution >= 4 is 27.3 Å². The number of sulfone groups is 1. The summed E-state index contributed by atoms with van der Waals surface area (Å²) in [5.74, 6) is -0.312. The van der Waals surface area contributed by atoms with Crippen molar-refractivity contribution in [2.75, 3.05) is 18.5 Å². The summed E-state index contributed by atoms with van der Waals surface area (Å²) in [5.41, 5.74) is 0.462. The van der Waals surface area contributed by atoms with Gasteiger partial charge < -0.3 is 14.5 Å². The zero-order chi connectivity index (χ0) is 20.4. The van der Waals surface area contributed by atoms with Gasteiger partial charge in [-0.25, -0.2) is 12.8 Å². The van der Waals surface area contributed by atoms with Crippen LogP contribution in [0.15, 0.2) is 62.9 Å². The molecule has 0 radical (unpaired) electrons. The van der Waals surface area contributed by atoms with E-state index in [1.54, 1.807) is 0 Å². The third-order valence-electron chi connectivity index (χ3n) is 4.58. The first-order valence-electron chi connectivity index (χ1n) is 9.06. The van der Waals surface area contributed by atoms with E-state index < -0.39 is 15.7 Å². The van der Waals surface area contributed by atoms with Gasteiger partial charge in [0.1, 0.15) is 5.82 Å². The van der Waals surface area contributed by atoms with E-state index in [1.807, 2.05) is 0 Å². The molecule has 1 aliphatic rings. The molecule has 1 saturated heterocycles. The molecule has 2 aromatic carbocycles. The Labute approximate surface area is 172 Å². The van der Waals surface area contributed by atoms with Crippen molar-refractivity contribution < 1.29 is 22.0 Å². The number of hydrogen-bond donors (Lipinski definition) is 1. The summed E-state index contributed by atoms with van der Waals surface area (Å²) >= 11 is 5.87. The number of halogens is 2. The summed E-state index contributed by atoms with van der Waals surface area (Å²) in [6.07, 6.45) is 1.81. The molecule has 152 valence electrons. The molecule has 0 saturated carbocycles. The molecule has 1 N–H and O–H groups in total. The van der Waals surface area contributed by atoms with Crippen LogP contribution in [0.2, 0.25) is 5.02 Å². The topological polar surface area (TPSA) is 81.4 Å². The van der Waals surface area contributed by atoms with E-state index in [0.717, 1.165) is 12.8 Å². The molecule has 9 heteroatoms. The summed E-state index contributed by atoms with van der Waals surface area (Å²) in [5, 5.41) is 3.20. The van der Waals surface area contributed by atoms with Gasteiger partial charge in [-0.15, -0.1) is 0 Å². The average molecular weight is 437 g/mol. The fourth-order valence-corrected chi connectivity index (χ4v) is 4.46. The molecule has 1 fully saturated rings. The Balaban J connectivity index is 1.73. The Bertz CT molecular complexity index is 1090. The van der Waals surface area contributed by atoms with E-state index in [4.69, 9.17) is 20.8 Å². The number of nitrogens with zero attached hydrogens (tertiary/aromatic N) is 1. The van der Waals surface area contributed by atoms with Gasteiger partial charge in [-0.05, 0) is 61.4 Å². The largest absolute Gasteiger partial charge is 0.419 e. The van der Waals surface area contributed by atoms with Crippen LogP contribution in [-0.4, -0.2) is 32.7 Å². The Morgan fingerprint density at radius 1 is 1.14 bits per heavy atom. The lowest BCUT2D eigenvalue weighted by molar-refractivity contribution is 0.120. The van der Waals surface area contributed by atoms with Crippen molar-refractivity contribution in [3.05, 3.63) is 59.4 Å². The number of aromatic nitrogens is 1. The van der Waals surface area contributed by atoms with Crippen LogP contribution in [0.1, 0.15) is 12.8 Å². The molecule has 0 spiro atoms. The van der Waals surface area contributed by atoms with E-state index in [9.17, 15) is 12.8 Å². The lowest BCUT2D eigenvalue weighted by Crippen LogP contribution is -2.19. The second-order valence-corrected chi connectivity index (χ2v) is 8.93.